The van der Waals surface area contributed by atoms with Gasteiger partial charge in [-0.25, -0.2) is 0 Å². The maximum absolute atomic E-state index is 12.6. The van der Waals surface area contributed by atoms with Crippen LogP contribution in [0.2, 0.25) is 5.02 Å². The molecule has 3 rings (SSSR count). The second-order valence-electron chi connectivity index (χ2n) is 5.50. The molecular formula is C16H17ClN2O2S. The summed E-state index contributed by atoms with van der Waals surface area (Å²) in [5.74, 6) is -0.0222. The number of aromatic nitrogens is 1. The third kappa shape index (κ3) is 2.83. The van der Waals surface area contributed by atoms with Gasteiger partial charge in [0, 0.05) is 22.6 Å². The Morgan fingerprint density at radius 2 is 2.18 bits per heavy atom. The van der Waals surface area contributed by atoms with E-state index in [-0.39, 0.29) is 23.4 Å². The summed E-state index contributed by atoms with van der Waals surface area (Å²) in [6, 6.07) is 7.67. The van der Waals surface area contributed by atoms with E-state index in [1.165, 1.54) is 4.57 Å². The van der Waals surface area contributed by atoms with Crippen molar-refractivity contribution < 1.29 is 4.79 Å². The molecule has 0 aliphatic carbocycles. The molecule has 22 heavy (non-hydrogen) atoms. The van der Waals surface area contributed by atoms with Crippen LogP contribution in [0.15, 0.2) is 34.4 Å². The van der Waals surface area contributed by atoms with Crippen molar-refractivity contribution >= 4 is 28.8 Å². The molecule has 0 saturated carbocycles. The van der Waals surface area contributed by atoms with Gasteiger partial charge in [0.2, 0.25) is 5.91 Å². The summed E-state index contributed by atoms with van der Waals surface area (Å²) in [6.07, 6.45) is 1.87. The molecule has 2 aromatic rings. The van der Waals surface area contributed by atoms with E-state index in [0.29, 0.717) is 11.6 Å². The molecule has 4 nitrogen and oxygen atoms in total. The van der Waals surface area contributed by atoms with Gasteiger partial charge in [0.05, 0.1) is 6.04 Å². The van der Waals surface area contributed by atoms with Crippen molar-refractivity contribution in [1.82, 2.24) is 9.47 Å². The summed E-state index contributed by atoms with van der Waals surface area (Å²) < 4.78 is 1.54. The predicted molar refractivity (Wildman–Crippen MR) is 88.5 cm³/mol. The van der Waals surface area contributed by atoms with Crippen molar-refractivity contribution in [2.45, 2.75) is 32.4 Å². The predicted octanol–water partition coefficient (Wildman–Crippen LogP) is 3.24. The molecule has 0 spiro atoms. The number of carbonyl (C=O) groups excluding carboxylic acids is 1. The SMILES string of the molecule is Cc1csc(=O)n1CC(=O)N1CCCC1c1ccccc1Cl. The highest BCUT2D eigenvalue weighted by Gasteiger charge is 2.31. The van der Waals surface area contributed by atoms with Crippen LogP contribution < -0.4 is 4.87 Å². The lowest BCUT2D eigenvalue weighted by Gasteiger charge is -2.26. The van der Waals surface area contributed by atoms with Crippen molar-refractivity contribution in [3.8, 4) is 0 Å². The van der Waals surface area contributed by atoms with Crippen LogP contribution in [0.4, 0.5) is 0 Å². The maximum atomic E-state index is 12.6. The maximum Gasteiger partial charge on any atom is 0.307 e. The standard InChI is InChI=1S/C16H17ClN2O2S/c1-11-10-22-16(21)19(11)9-15(20)18-8-4-7-14(18)12-5-2-3-6-13(12)17/h2-3,5-6,10,14H,4,7-9H2,1H3. The number of likely N-dealkylation sites (tertiary alicyclic amines) is 1. The Morgan fingerprint density at radius 3 is 2.86 bits per heavy atom. The smallest absolute Gasteiger partial charge is 0.307 e. The number of carbonyl (C=O) groups is 1. The van der Waals surface area contributed by atoms with Gasteiger partial charge in [-0.3, -0.25) is 14.2 Å². The number of aryl methyl sites for hydroxylation is 1. The minimum absolute atomic E-state index is 0.0100. The summed E-state index contributed by atoms with van der Waals surface area (Å²) in [4.78, 5) is 26.2. The van der Waals surface area contributed by atoms with E-state index in [9.17, 15) is 9.59 Å². The van der Waals surface area contributed by atoms with Crippen LogP contribution in [0.25, 0.3) is 0 Å². The first kappa shape index (κ1) is 15.3. The number of amides is 1. The average molecular weight is 337 g/mol. The average Bonchev–Trinajstić information content (AvgIpc) is 3.10. The fourth-order valence-electron chi connectivity index (χ4n) is 2.96. The van der Waals surface area contributed by atoms with E-state index in [1.807, 2.05) is 36.1 Å². The Morgan fingerprint density at radius 1 is 1.41 bits per heavy atom. The number of hydrogen-bond donors (Lipinski definition) is 0. The zero-order valence-electron chi connectivity index (χ0n) is 12.3. The third-order valence-electron chi connectivity index (χ3n) is 4.11. The molecular weight excluding hydrogens is 320 g/mol. The lowest BCUT2D eigenvalue weighted by atomic mass is 10.0. The van der Waals surface area contributed by atoms with Crippen LogP contribution in [-0.2, 0) is 11.3 Å². The number of hydrogen-bond acceptors (Lipinski definition) is 3. The first-order valence-electron chi connectivity index (χ1n) is 7.27. The van der Waals surface area contributed by atoms with Gasteiger partial charge in [-0.1, -0.05) is 41.1 Å². The fraction of sp³-hybridized carbons (Fsp3) is 0.375. The minimum Gasteiger partial charge on any atom is -0.334 e. The molecule has 1 atom stereocenters. The van der Waals surface area contributed by atoms with Gasteiger partial charge in [-0.2, -0.15) is 0 Å². The number of rotatable bonds is 3. The molecule has 6 heteroatoms. The summed E-state index contributed by atoms with van der Waals surface area (Å²) in [5.41, 5.74) is 1.82. The monoisotopic (exact) mass is 336 g/mol. The summed E-state index contributed by atoms with van der Waals surface area (Å²) >= 11 is 7.41. The van der Waals surface area contributed by atoms with Gasteiger partial charge >= 0.3 is 4.87 Å². The van der Waals surface area contributed by atoms with Crippen LogP contribution in [0.3, 0.4) is 0 Å². The molecule has 1 saturated heterocycles. The molecule has 1 aliphatic rings. The largest absolute Gasteiger partial charge is 0.334 e. The molecule has 2 heterocycles. The second-order valence-corrected chi connectivity index (χ2v) is 6.72. The van der Waals surface area contributed by atoms with Crippen molar-refractivity contribution in [1.29, 1.82) is 0 Å². The molecule has 0 radical (unpaired) electrons. The Labute approximate surface area is 137 Å². The third-order valence-corrected chi connectivity index (χ3v) is 5.33. The molecule has 1 fully saturated rings. The molecule has 1 amide bonds. The Hall–Kier alpha value is -1.59. The van der Waals surface area contributed by atoms with Gasteiger partial charge in [0.25, 0.3) is 0 Å². The van der Waals surface area contributed by atoms with Crippen molar-refractivity contribution in [2.75, 3.05) is 6.54 Å². The van der Waals surface area contributed by atoms with E-state index in [0.717, 1.165) is 35.4 Å². The van der Waals surface area contributed by atoms with Crippen LogP contribution in [0.5, 0.6) is 0 Å². The summed E-state index contributed by atoms with van der Waals surface area (Å²) in [5, 5.41) is 2.47. The number of nitrogens with zero attached hydrogens (tertiary/aromatic N) is 2. The molecule has 1 aromatic heterocycles. The summed E-state index contributed by atoms with van der Waals surface area (Å²) in [6.45, 7) is 2.67. The van der Waals surface area contributed by atoms with Crippen LogP contribution in [-0.4, -0.2) is 21.9 Å². The Balaban J connectivity index is 1.83. The molecule has 116 valence electrons. The quantitative estimate of drug-likeness (QED) is 0.863. The first-order valence-corrected chi connectivity index (χ1v) is 8.52. The normalized spacial score (nSPS) is 17.9. The van der Waals surface area contributed by atoms with Gasteiger partial charge in [-0.05, 0) is 31.4 Å². The van der Waals surface area contributed by atoms with E-state index >= 15 is 0 Å². The van der Waals surface area contributed by atoms with Crippen molar-refractivity contribution in [3.63, 3.8) is 0 Å². The van der Waals surface area contributed by atoms with E-state index < -0.39 is 0 Å². The molecule has 1 aliphatic heterocycles. The molecule has 1 aromatic carbocycles. The highest BCUT2D eigenvalue weighted by Crippen LogP contribution is 2.35. The topological polar surface area (TPSA) is 42.3 Å². The highest BCUT2D eigenvalue weighted by molar-refractivity contribution is 7.07. The van der Waals surface area contributed by atoms with Gasteiger partial charge in [0.1, 0.15) is 6.54 Å². The van der Waals surface area contributed by atoms with Gasteiger partial charge in [0.15, 0.2) is 0 Å². The van der Waals surface area contributed by atoms with E-state index in [1.54, 1.807) is 5.38 Å². The molecule has 0 N–H and O–H groups in total. The Kier molecular flexibility index (Phi) is 4.36. The van der Waals surface area contributed by atoms with Crippen LogP contribution in [0, 0.1) is 6.92 Å². The van der Waals surface area contributed by atoms with Crippen molar-refractivity contribution in [2.24, 2.45) is 0 Å². The lowest BCUT2D eigenvalue weighted by Crippen LogP contribution is -2.35. The second kappa shape index (κ2) is 6.26. The van der Waals surface area contributed by atoms with E-state index in [4.69, 9.17) is 11.6 Å². The molecule has 0 bridgehead atoms. The van der Waals surface area contributed by atoms with Crippen LogP contribution in [0.1, 0.15) is 30.1 Å². The number of thiazole rings is 1. The van der Waals surface area contributed by atoms with E-state index in [2.05, 4.69) is 0 Å². The Bertz CT molecular complexity index is 753. The van der Waals surface area contributed by atoms with Crippen molar-refractivity contribution in [3.05, 3.63) is 55.6 Å². The first-order chi connectivity index (χ1) is 10.6. The molecule has 1 unspecified atom stereocenters. The number of halogens is 1. The number of benzene rings is 1. The zero-order chi connectivity index (χ0) is 15.7. The zero-order valence-corrected chi connectivity index (χ0v) is 13.9. The van der Waals surface area contributed by atoms with Gasteiger partial charge < -0.3 is 4.90 Å². The lowest BCUT2D eigenvalue weighted by molar-refractivity contribution is -0.132. The highest BCUT2D eigenvalue weighted by atomic mass is 35.5. The fourth-order valence-corrected chi connectivity index (χ4v) is 3.95. The van der Waals surface area contributed by atoms with Crippen LogP contribution >= 0.6 is 22.9 Å². The summed E-state index contributed by atoms with van der Waals surface area (Å²) in [7, 11) is 0. The minimum atomic E-state index is -0.0839. The van der Waals surface area contributed by atoms with Gasteiger partial charge in [-0.15, -0.1) is 0 Å².